The molecule has 0 spiro atoms. The molecule has 4 rings (SSSR count). The summed E-state index contributed by atoms with van der Waals surface area (Å²) in [6, 6.07) is 15.8. The van der Waals surface area contributed by atoms with Crippen LogP contribution in [0.4, 0.5) is 5.82 Å². The van der Waals surface area contributed by atoms with Crippen molar-refractivity contribution in [1.29, 1.82) is 0 Å². The Bertz CT molecular complexity index is 1250. The fourth-order valence-electron chi connectivity index (χ4n) is 3.26. The van der Waals surface area contributed by atoms with Crippen molar-refractivity contribution in [2.75, 3.05) is 26.0 Å². The SMILES string of the molecule is Cc1nc(NC(C)c2cccc(OCC(=O)N(C)C)c2)cc(-c2ccc3ncsc3c2)n1. The molecule has 0 aliphatic carbocycles. The van der Waals surface area contributed by atoms with Crippen LogP contribution in [0.3, 0.4) is 0 Å². The van der Waals surface area contributed by atoms with Crippen LogP contribution in [-0.2, 0) is 4.79 Å². The second kappa shape index (κ2) is 9.32. The molecule has 2 heterocycles. The minimum absolute atomic E-state index is 0.0107. The molecule has 0 bridgehead atoms. The van der Waals surface area contributed by atoms with Crippen molar-refractivity contribution in [3.8, 4) is 17.0 Å². The Balaban J connectivity index is 1.51. The minimum atomic E-state index is -0.0814. The fourth-order valence-corrected chi connectivity index (χ4v) is 3.97. The molecule has 8 heteroatoms. The highest BCUT2D eigenvalue weighted by Crippen LogP contribution is 2.28. The number of nitrogens with zero attached hydrogens (tertiary/aromatic N) is 4. The Hall–Kier alpha value is -3.52. The van der Waals surface area contributed by atoms with Crippen molar-refractivity contribution in [2.24, 2.45) is 0 Å². The zero-order chi connectivity index (χ0) is 22.7. The van der Waals surface area contributed by atoms with E-state index >= 15 is 0 Å². The monoisotopic (exact) mass is 447 g/mol. The molecule has 4 aromatic rings. The Morgan fingerprint density at radius 1 is 1.16 bits per heavy atom. The molecule has 7 nitrogen and oxygen atoms in total. The van der Waals surface area contributed by atoms with E-state index in [0.29, 0.717) is 11.6 Å². The van der Waals surface area contributed by atoms with E-state index in [0.717, 1.165) is 32.9 Å². The van der Waals surface area contributed by atoms with Crippen LogP contribution in [0, 0.1) is 6.92 Å². The number of benzene rings is 2. The van der Waals surface area contributed by atoms with Crippen molar-refractivity contribution in [3.05, 3.63) is 65.4 Å². The number of fused-ring (bicyclic) bond motifs is 1. The Morgan fingerprint density at radius 3 is 2.81 bits per heavy atom. The van der Waals surface area contributed by atoms with Gasteiger partial charge in [-0.15, -0.1) is 11.3 Å². The van der Waals surface area contributed by atoms with Crippen LogP contribution in [0.25, 0.3) is 21.5 Å². The van der Waals surface area contributed by atoms with Crippen LogP contribution < -0.4 is 10.1 Å². The van der Waals surface area contributed by atoms with Crippen LogP contribution in [0.15, 0.2) is 54.0 Å². The van der Waals surface area contributed by atoms with Gasteiger partial charge in [0.1, 0.15) is 17.4 Å². The molecule has 2 aromatic heterocycles. The topological polar surface area (TPSA) is 80.2 Å². The molecule has 164 valence electrons. The maximum absolute atomic E-state index is 11.8. The number of amides is 1. The molecular weight excluding hydrogens is 422 g/mol. The Kier molecular flexibility index (Phi) is 6.32. The van der Waals surface area contributed by atoms with E-state index in [1.807, 2.05) is 54.9 Å². The van der Waals surface area contributed by atoms with Gasteiger partial charge in [0.2, 0.25) is 0 Å². The first-order valence-corrected chi connectivity index (χ1v) is 11.2. The van der Waals surface area contributed by atoms with Crippen LogP contribution in [0.1, 0.15) is 24.4 Å². The van der Waals surface area contributed by atoms with Crippen molar-refractivity contribution in [3.63, 3.8) is 0 Å². The van der Waals surface area contributed by atoms with Gasteiger partial charge in [-0.3, -0.25) is 4.79 Å². The van der Waals surface area contributed by atoms with Crippen LogP contribution in [0.2, 0.25) is 0 Å². The predicted molar refractivity (Wildman–Crippen MR) is 128 cm³/mol. The van der Waals surface area contributed by atoms with Gasteiger partial charge in [-0.25, -0.2) is 15.0 Å². The molecule has 0 saturated carbocycles. The van der Waals surface area contributed by atoms with Gasteiger partial charge in [-0.05, 0) is 43.7 Å². The van der Waals surface area contributed by atoms with Gasteiger partial charge in [-0.1, -0.05) is 18.2 Å². The summed E-state index contributed by atoms with van der Waals surface area (Å²) in [7, 11) is 3.42. The summed E-state index contributed by atoms with van der Waals surface area (Å²) >= 11 is 1.62. The number of rotatable bonds is 7. The van der Waals surface area contributed by atoms with E-state index in [9.17, 15) is 4.79 Å². The number of ether oxygens (including phenoxy) is 1. The highest BCUT2D eigenvalue weighted by molar-refractivity contribution is 7.16. The molecule has 1 N–H and O–H groups in total. The number of anilines is 1. The number of carbonyl (C=O) groups is 1. The third-order valence-corrected chi connectivity index (χ3v) is 5.84. The molecule has 0 saturated heterocycles. The molecular formula is C24H25N5O2S. The Labute approximate surface area is 191 Å². The van der Waals surface area contributed by atoms with E-state index in [1.54, 1.807) is 25.4 Å². The van der Waals surface area contributed by atoms with E-state index in [-0.39, 0.29) is 18.6 Å². The highest BCUT2D eigenvalue weighted by Gasteiger charge is 2.12. The van der Waals surface area contributed by atoms with Crippen molar-refractivity contribution in [2.45, 2.75) is 19.9 Å². The van der Waals surface area contributed by atoms with Gasteiger partial charge in [-0.2, -0.15) is 0 Å². The first-order valence-electron chi connectivity index (χ1n) is 10.3. The highest BCUT2D eigenvalue weighted by atomic mass is 32.1. The lowest BCUT2D eigenvalue weighted by Gasteiger charge is -2.17. The first-order chi connectivity index (χ1) is 15.4. The zero-order valence-corrected chi connectivity index (χ0v) is 19.3. The predicted octanol–water partition coefficient (Wildman–Crippen LogP) is 4.70. The van der Waals surface area contributed by atoms with Crippen molar-refractivity contribution >= 4 is 33.3 Å². The molecule has 32 heavy (non-hydrogen) atoms. The van der Waals surface area contributed by atoms with Gasteiger partial charge in [0.25, 0.3) is 5.91 Å². The first kappa shape index (κ1) is 21.7. The maximum atomic E-state index is 11.8. The summed E-state index contributed by atoms with van der Waals surface area (Å²) in [6.45, 7) is 3.96. The summed E-state index contributed by atoms with van der Waals surface area (Å²) in [4.78, 5) is 26.8. The van der Waals surface area contributed by atoms with Crippen molar-refractivity contribution < 1.29 is 9.53 Å². The lowest BCUT2D eigenvalue weighted by Crippen LogP contribution is -2.27. The van der Waals surface area contributed by atoms with Crippen molar-refractivity contribution in [1.82, 2.24) is 19.9 Å². The van der Waals surface area contributed by atoms with E-state index in [4.69, 9.17) is 4.74 Å². The van der Waals surface area contributed by atoms with Gasteiger partial charge < -0.3 is 15.0 Å². The molecule has 0 aliphatic rings. The summed E-state index contributed by atoms with van der Waals surface area (Å²) in [6.07, 6.45) is 0. The second-order valence-electron chi connectivity index (χ2n) is 7.74. The number of nitrogens with one attached hydrogen (secondary N) is 1. The number of carbonyl (C=O) groups excluding carboxylic acids is 1. The van der Waals surface area contributed by atoms with Crippen LogP contribution >= 0.6 is 11.3 Å². The number of likely N-dealkylation sites (N-methyl/N-ethyl adjacent to an activating group) is 1. The average molecular weight is 448 g/mol. The lowest BCUT2D eigenvalue weighted by atomic mass is 10.1. The normalized spacial score (nSPS) is 11.9. The number of aromatic nitrogens is 3. The minimum Gasteiger partial charge on any atom is -0.484 e. The van der Waals surface area contributed by atoms with Crippen LogP contribution in [0.5, 0.6) is 5.75 Å². The molecule has 0 radical (unpaired) electrons. The molecule has 0 fully saturated rings. The zero-order valence-electron chi connectivity index (χ0n) is 18.5. The average Bonchev–Trinajstić information content (AvgIpc) is 3.25. The van der Waals surface area contributed by atoms with E-state index in [2.05, 4.69) is 33.3 Å². The van der Waals surface area contributed by atoms with E-state index in [1.165, 1.54) is 4.90 Å². The quantitative estimate of drug-likeness (QED) is 0.442. The fraction of sp³-hybridized carbons (Fsp3) is 0.250. The number of hydrogen-bond donors (Lipinski definition) is 1. The molecule has 1 amide bonds. The lowest BCUT2D eigenvalue weighted by molar-refractivity contribution is -0.130. The summed E-state index contributed by atoms with van der Waals surface area (Å²) in [5, 5.41) is 3.46. The maximum Gasteiger partial charge on any atom is 0.259 e. The standard InChI is InChI=1S/C24H25N5O2S/c1-15(17-6-5-7-19(10-17)31-13-24(30)29(3)4)26-23-12-21(27-16(2)28-23)18-8-9-20-22(11-18)32-14-25-20/h5-12,14-15H,13H2,1-4H3,(H,26,27,28). The number of thiazole rings is 1. The summed E-state index contributed by atoms with van der Waals surface area (Å²) in [5.74, 6) is 2.02. The summed E-state index contributed by atoms with van der Waals surface area (Å²) in [5.41, 5.74) is 5.77. The molecule has 0 aliphatic heterocycles. The van der Waals surface area contributed by atoms with E-state index < -0.39 is 0 Å². The summed E-state index contributed by atoms with van der Waals surface area (Å²) < 4.78 is 6.78. The third-order valence-electron chi connectivity index (χ3n) is 5.05. The van der Waals surface area contributed by atoms with Crippen LogP contribution in [-0.4, -0.2) is 46.5 Å². The molecule has 1 unspecified atom stereocenters. The number of aryl methyl sites for hydroxylation is 1. The van der Waals surface area contributed by atoms with Gasteiger partial charge in [0.15, 0.2) is 6.61 Å². The third kappa shape index (κ3) is 5.03. The smallest absolute Gasteiger partial charge is 0.259 e. The second-order valence-corrected chi connectivity index (χ2v) is 8.62. The molecule has 2 aromatic carbocycles. The molecule has 1 atom stereocenters. The van der Waals surface area contributed by atoms with Gasteiger partial charge in [0, 0.05) is 25.7 Å². The number of hydrogen-bond acceptors (Lipinski definition) is 7. The van der Waals surface area contributed by atoms with Gasteiger partial charge in [0.05, 0.1) is 27.5 Å². The largest absolute Gasteiger partial charge is 0.484 e. The Morgan fingerprint density at radius 2 is 2.00 bits per heavy atom. The van der Waals surface area contributed by atoms with Gasteiger partial charge >= 0.3 is 0 Å².